The van der Waals surface area contributed by atoms with E-state index in [0.29, 0.717) is 5.92 Å². The first kappa shape index (κ1) is 18.4. The van der Waals surface area contributed by atoms with Crippen molar-refractivity contribution in [2.24, 2.45) is 7.05 Å². The Balaban J connectivity index is 1.56. The minimum atomic E-state index is 0.274. The van der Waals surface area contributed by atoms with Gasteiger partial charge in [-0.2, -0.15) is 5.10 Å². The third kappa shape index (κ3) is 3.69. The molecule has 1 N–H and O–H groups in total. The number of hydrogen-bond donors (Lipinski definition) is 1. The molecule has 4 heteroatoms. The number of rotatable bonds is 6. The maximum Gasteiger partial charge on any atom is 0.157 e. The van der Waals surface area contributed by atoms with Crippen LogP contribution < -0.4 is 5.32 Å². The van der Waals surface area contributed by atoms with Crippen molar-refractivity contribution < 1.29 is 0 Å². The summed E-state index contributed by atoms with van der Waals surface area (Å²) in [5.41, 5.74) is 5.78. The zero-order chi connectivity index (χ0) is 19.5. The molecule has 0 saturated carbocycles. The van der Waals surface area contributed by atoms with E-state index < -0.39 is 0 Å². The second kappa shape index (κ2) is 7.95. The topological polar surface area (TPSA) is 42.7 Å². The predicted octanol–water partition coefficient (Wildman–Crippen LogP) is 4.59. The Labute approximate surface area is 166 Å². The Morgan fingerprint density at radius 1 is 0.964 bits per heavy atom. The van der Waals surface area contributed by atoms with Crippen molar-refractivity contribution in [1.82, 2.24) is 20.1 Å². The number of nitrogens with one attached hydrogen (secondary N) is 1. The monoisotopic (exact) mass is 370 g/mol. The molecule has 2 heterocycles. The van der Waals surface area contributed by atoms with E-state index in [1.165, 1.54) is 16.7 Å². The first-order valence-electron chi connectivity index (χ1n) is 9.75. The molecule has 4 aromatic rings. The minimum Gasteiger partial charge on any atom is -0.309 e. The molecule has 28 heavy (non-hydrogen) atoms. The summed E-state index contributed by atoms with van der Waals surface area (Å²) >= 11 is 0. The quantitative estimate of drug-likeness (QED) is 0.540. The average Bonchev–Trinajstić information content (AvgIpc) is 3.01. The molecule has 0 aliphatic heterocycles. The predicted molar refractivity (Wildman–Crippen MR) is 114 cm³/mol. The van der Waals surface area contributed by atoms with Crippen LogP contribution >= 0.6 is 0 Å². The molecule has 0 fully saturated rings. The summed E-state index contributed by atoms with van der Waals surface area (Å²) in [5, 5.41) is 9.31. The molecule has 0 radical (unpaired) electrons. The van der Waals surface area contributed by atoms with Gasteiger partial charge in [0.1, 0.15) is 0 Å². The van der Waals surface area contributed by atoms with Crippen LogP contribution in [0.25, 0.3) is 11.0 Å². The highest BCUT2D eigenvalue weighted by Crippen LogP contribution is 2.28. The molecule has 0 aliphatic carbocycles. The van der Waals surface area contributed by atoms with Crippen molar-refractivity contribution >= 4 is 11.0 Å². The average molecular weight is 371 g/mol. The Bertz CT molecular complexity index is 1010. The largest absolute Gasteiger partial charge is 0.309 e. The second-order valence-electron chi connectivity index (χ2n) is 7.39. The van der Waals surface area contributed by atoms with E-state index in [1.54, 1.807) is 0 Å². The summed E-state index contributed by atoms with van der Waals surface area (Å²) in [4.78, 5) is 4.60. The van der Waals surface area contributed by atoms with Crippen LogP contribution in [-0.4, -0.2) is 20.8 Å². The third-order valence-electron chi connectivity index (χ3n) is 5.37. The van der Waals surface area contributed by atoms with Crippen molar-refractivity contribution in [3.63, 3.8) is 0 Å². The second-order valence-corrected chi connectivity index (χ2v) is 7.39. The molecule has 0 aliphatic rings. The summed E-state index contributed by atoms with van der Waals surface area (Å²) in [7, 11) is 1.94. The summed E-state index contributed by atoms with van der Waals surface area (Å²) in [6.07, 6.45) is 1.95. The normalized spacial score (nSPS) is 12.6. The van der Waals surface area contributed by atoms with Gasteiger partial charge in [0, 0.05) is 37.1 Å². The number of aryl methyl sites for hydroxylation is 2. The summed E-state index contributed by atoms with van der Waals surface area (Å²) in [6, 6.07) is 23.9. The lowest BCUT2D eigenvalue weighted by molar-refractivity contribution is 0.498. The Kier molecular flexibility index (Phi) is 5.22. The van der Waals surface area contributed by atoms with E-state index in [-0.39, 0.29) is 6.04 Å². The zero-order valence-corrected chi connectivity index (χ0v) is 16.6. The first-order chi connectivity index (χ1) is 13.6. The Morgan fingerprint density at radius 2 is 1.57 bits per heavy atom. The number of pyridine rings is 1. The summed E-state index contributed by atoms with van der Waals surface area (Å²) < 4.78 is 1.84. The van der Waals surface area contributed by atoms with Crippen LogP contribution in [0.2, 0.25) is 0 Å². The highest BCUT2D eigenvalue weighted by Gasteiger charge is 2.21. The fourth-order valence-electron chi connectivity index (χ4n) is 3.94. The smallest absolute Gasteiger partial charge is 0.157 e. The van der Waals surface area contributed by atoms with Crippen molar-refractivity contribution in [2.45, 2.75) is 32.4 Å². The molecule has 1 atom stereocenters. The number of hydrogen-bond acceptors (Lipinski definition) is 3. The van der Waals surface area contributed by atoms with E-state index in [9.17, 15) is 0 Å². The van der Waals surface area contributed by atoms with Gasteiger partial charge in [0.15, 0.2) is 5.65 Å². The van der Waals surface area contributed by atoms with Gasteiger partial charge in [-0.15, -0.1) is 0 Å². The van der Waals surface area contributed by atoms with Gasteiger partial charge in [0.2, 0.25) is 0 Å². The molecule has 0 amide bonds. The van der Waals surface area contributed by atoms with Crippen LogP contribution in [0.4, 0.5) is 0 Å². The fourth-order valence-corrected chi connectivity index (χ4v) is 3.94. The van der Waals surface area contributed by atoms with Crippen LogP contribution in [-0.2, 0) is 13.6 Å². The maximum absolute atomic E-state index is 4.60. The van der Waals surface area contributed by atoms with Gasteiger partial charge in [-0.1, -0.05) is 60.7 Å². The van der Waals surface area contributed by atoms with Crippen LogP contribution in [0, 0.1) is 6.92 Å². The van der Waals surface area contributed by atoms with Gasteiger partial charge in [-0.05, 0) is 36.6 Å². The molecule has 0 spiro atoms. The summed E-state index contributed by atoms with van der Waals surface area (Å²) in [6.45, 7) is 5.06. The van der Waals surface area contributed by atoms with Gasteiger partial charge in [0.05, 0.1) is 5.69 Å². The van der Waals surface area contributed by atoms with Gasteiger partial charge in [0.25, 0.3) is 0 Å². The molecule has 0 bridgehead atoms. The molecule has 4 rings (SSSR count). The van der Waals surface area contributed by atoms with Gasteiger partial charge in [-0.25, -0.2) is 4.98 Å². The van der Waals surface area contributed by atoms with E-state index >= 15 is 0 Å². The van der Waals surface area contributed by atoms with E-state index in [2.05, 4.69) is 89.1 Å². The summed E-state index contributed by atoms with van der Waals surface area (Å²) in [5.74, 6) is 0.291. The molecule has 0 saturated heterocycles. The zero-order valence-electron chi connectivity index (χ0n) is 16.6. The first-order valence-corrected chi connectivity index (χ1v) is 9.75. The highest BCUT2D eigenvalue weighted by atomic mass is 15.3. The molecular weight excluding hydrogens is 344 g/mol. The lowest BCUT2D eigenvalue weighted by Gasteiger charge is -2.26. The SMILES string of the molecule is Cc1nn(C)c2ncc(CNC(C)C(c3ccccc3)c3ccccc3)cc12. The lowest BCUT2D eigenvalue weighted by Crippen LogP contribution is -2.32. The fraction of sp³-hybridized carbons (Fsp3) is 0.250. The van der Waals surface area contributed by atoms with Crippen LogP contribution in [0.15, 0.2) is 72.9 Å². The van der Waals surface area contributed by atoms with E-state index in [1.807, 2.05) is 24.9 Å². The van der Waals surface area contributed by atoms with Crippen LogP contribution in [0.5, 0.6) is 0 Å². The van der Waals surface area contributed by atoms with E-state index in [0.717, 1.165) is 23.3 Å². The molecule has 4 nitrogen and oxygen atoms in total. The number of nitrogens with zero attached hydrogens (tertiary/aromatic N) is 3. The molecule has 142 valence electrons. The van der Waals surface area contributed by atoms with E-state index in [4.69, 9.17) is 0 Å². The standard InChI is InChI=1S/C24H26N4/c1-17-22-14-19(16-26-24(22)28(3)27-17)15-25-18(2)23(20-10-6-4-7-11-20)21-12-8-5-9-13-21/h4-14,16,18,23,25H,15H2,1-3H3. The highest BCUT2D eigenvalue weighted by molar-refractivity contribution is 5.78. The molecule has 2 aromatic carbocycles. The Morgan fingerprint density at radius 3 is 2.18 bits per heavy atom. The molecule has 2 aromatic heterocycles. The maximum atomic E-state index is 4.60. The molecular formula is C24H26N4. The van der Waals surface area contributed by atoms with Crippen LogP contribution in [0.1, 0.15) is 35.2 Å². The number of benzene rings is 2. The Hall–Kier alpha value is -2.98. The lowest BCUT2D eigenvalue weighted by atomic mass is 9.86. The number of aromatic nitrogens is 3. The van der Waals surface area contributed by atoms with Crippen LogP contribution in [0.3, 0.4) is 0 Å². The van der Waals surface area contributed by atoms with Crippen molar-refractivity contribution in [2.75, 3.05) is 0 Å². The number of fused-ring (bicyclic) bond motifs is 1. The van der Waals surface area contributed by atoms with Gasteiger partial charge in [-0.3, -0.25) is 4.68 Å². The third-order valence-corrected chi connectivity index (χ3v) is 5.37. The minimum absolute atomic E-state index is 0.274. The molecule has 1 unspecified atom stereocenters. The van der Waals surface area contributed by atoms with Gasteiger partial charge >= 0.3 is 0 Å². The van der Waals surface area contributed by atoms with Gasteiger partial charge < -0.3 is 5.32 Å². The van der Waals surface area contributed by atoms with Crippen molar-refractivity contribution in [1.29, 1.82) is 0 Å². The van der Waals surface area contributed by atoms with Crippen molar-refractivity contribution in [3.05, 3.63) is 95.3 Å². The van der Waals surface area contributed by atoms with Crippen molar-refractivity contribution in [3.8, 4) is 0 Å².